The number of anilines is 1. The van der Waals surface area contributed by atoms with Crippen LogP contribution in [0.1, 0.15) is 53.2 Å². The van der Waals surface area contributed by atoms with E-state index >= 15 is 0 Å². The highest BCUT2D eigenvalue weighted by Crippen LogP contribution is 2.28. The first-order valence-corrected chi connectivity index (χ1v) is 13.3. The van der Waals surface area contributed by atoms with Crippen molar-refractivity contribution in [2.75, 3.05) is 11.9 Å². The van der Waals surface area contributed by atoms with Gasteiger partial charge in [-0.05, 0) is 85.5 Å². The van der Waals surface area contributed by atoms with E-state index in [9.17, 15) is 19.6 Å². The lowest BCUT2D eigenvalue weighted by Gasteiger charge is -2.13. The molecule has 3 rings (SSSR count). The number of aryl methyl sites for hydroxylation is 1. The topological polar surface area (TPSA) is 108 Å². The number of nitrogens with zero attached hydrogens (tertiary/aromatic N) is 1. The molecule has 0 aliphatic rings. The van der Waals surface area contributed by atoms with E-state index in [0.29, 0.717) is 17.1 Å². The van der Waals surface area contributed by atoms with Gasteiger partial charge in [0.05, 0.1) is 17.2 Å². The Labute approximate surface area is 235 Å². The number of rotatable bonds is 11. The lowest BCUT2D eigenvalue weighted by atomic mass is 10.0. The molecule has 3 aromatic carbocycles. The summed E-state index contributed by atoms with van der Waals surface area (Å²) in [5.74, 6) is -0.739. The fraction of sp³-hybridized carbons (Fsp3) is 0.214. The van der Waals surface area contributed by atoms with Crippen LogP contribution in [-0.4, -0.2) is 24.2 Å². The highest BCUT2D eigenvalue weighted by atomic mass is 35.5. The second-order valence-electron chi connectivity index (χ2n) is 8.35. The Morgan fingerprint density at radius 3 is 2.50 bits per heavy atom. The first-order chi connectivity index (χ1) is 18.2. The van der Waals surface area contributed by atoms with Crippen LogP contribution in [-0.2, 0) is 9.59 Å². The van der Waals surface area contributed by atoms with Crippen LogP contribution >= 0.6 is 35.1 Å². The number of hydrogen-bond acceptors (Lipinski definition) is 6. The molecule has 0 radical (unpaired) electrons. The summed E-state index contributed by atoms with van der Waals surface area (Å²) < 4.78 is 8.48. The maximum atomic E-state index is 13.2. The van der Waals surface area contributed by atoms with Crippen LogP contribution in [0.5, 0.6) is 5.75 Å². The van der Waals surface area contributed by atoms with Gasteiger partial charge in [-0.3, -0.25) is 19.1 Å². The van der Waals surface area contributed by atoms with Gasteiger partial charge in [-0.2, -0.15) is 5.26 Å². The standard InChI is InChI=1S/C28H25Cl2N3O4S/c1-3-4-5-26(34)33-38-22-7-8-24(17(2)10-22)32-27(35)16-37-25-9-6-20(29)14-23(25)28(36)19-11-18(15-31)12-21(30)13-19/h6-14H,3-5,16H2,1-2H3,(H,32,35)(H,33,34). The molecule has 0 aliphatic carbocycles. The number of nitriles is 1. The van der Waals surface area contributed by atoms with Crippen LogP contribution < -0.4 is 14.8 Å². The molecule has 0 fully saturated rings. The first-order valence-electron chi connectivity index (χ1n) is 11.7. The zero-order chi connectivity index (χ0) is 27.7. The van der Waals surface area contributed by atoms with Gasteiger partial charge in [-0.25, -0.2) is 0 Å². The van der Waals surface area contributed by atoms with Crippen LogP contribution in [0.15, 0.2) is 59.5 Å². The predicted octanol–water partition coefficient (Wildman–Crippen LogP) is 6.74. The van der Waals surface area contributed by atoms with Crippen molar-refractivity contribution in [2.24, 2.45) is 0 Å². The Morgan fingerprint density at radius 2 is 1.79 bits per heavy atom. The van der Waals surface area contributed by atoms with Crippen LogP contribution in [0.3, 0.4) is 0 Å². The molecule has 0 bridgehead atoms. The van der Waals surface area contributed by atoms with Gasteiger partial charge >= 0.3 is 0 Å². The normalized spacial score (nSPS) is 10.4. The lowest BCUT2D eigenvalue weighted by Crippen LogP contribution is -2.21. The second kappa shape index (κ2) is 13.9. The quantitative estimate of drug-likeness (QED) is 0.195. The van der Waals surface area contributed by atoms with E-state index in [1.807, 2.05) is 26.0 Å². The zero-order valence-electron chi connectivity index (χ0n) is 20.8. The highest BCUT2D eigenvalue weighted by Gasteiger charge is 2.18. The Bertz CT molecular complexity index is 1410. The molecular formula is C28H25Cl2N3O4S. The summed E-state index contributed by atoms with van der Waals surface area (Å²) >= 11 is 13.4. The number of amides is 2. The third-order valence-corrected chi connectivity index (χ3v) is 6.62. The van der Waals surface area contributed by atoms with Crippen molar-refractivity contribution in [1.82, 2.24) is 4.72 Å². The van der Waals surface area contributed by atoms with Gasteiger partial charge < -0.3 is 10.1 Å². The molecule has 0 aromatic heterocycles. The maximum Gasteiger partial charge on any atom is 0.262 e. The summed E-state index contributed by atoms with van der Waals surface area (Å²) in [4.78, 5) is 38.4. The number of ether oxygens (including phenoxy) is 1. The molecule has 7 nitrogen and oxygen atoms in total. The van der Waals surface area contributed by atoms with Crippen molar-refractivity contribution in [2.45, 2.75) is 38.0 Å². The number of nitrogens with one attached hydrogen (secondary N) is 2. The Balaban J connectivity index is 1.65. The van der Waals surface area contributed by atoms with E-state index in [1.54, 1.807) is 18.2 Å². The van der Waals surface area contributed by atoms with Gasteiger partial charge in [-0.1, -0.05) is 36.5 Å². The molecule has 10 heteroatoms. The summed E-state index contributed by atoms with van der Waals surface area (Å²) in [7, 11) is 0. The summed E-state index contributed by atoms with van der Waals surface area (Å²) in [6.07, 6.45) is 2.28. The zero-order valence-corrected chi connectivity index (χ0v) is 23.1. The maximum absolute atomic E-state index is 13.2. The van der Waals surface area contributed by atoms with E-state index in [1.165, 1.54) is 42.3 Å². The van der Waals surface area contributed by atoms with Crippen molar-refractivity contribution in [1.29, 1.82) is 5.26 Å². The van der Waals surface area contributed by atoms with E-state index in [4.69, 9.17) is 27.9 Å². The van der Waals surface area contributed by atoms with E-state index in [0.717, 1.165) is 23.3 Å². The molecule has 0 atom stereocenters. The Morgan fingerprint density at radius 1 is 1.00 bits per heavy atom. The molecule has 2 amide bonds. The fourth-order valence-electron chi connectivity index (χ4n) is 3.42. The number of halogens is 2. The van der Waals surface area contributed by atoms with Crippen LogP contribution in [0.2, 0.25) is 10.0 Å². The lowest BCUT2D eigenvalue weighted by molar-refractivity contribution is -0.119. The van der Waals surface area contributed by atoms with Gasteiger partial charge in [0, 0.05) is 32.6 Å². The van der Waals surface area contributed by atoms with Crippen molar-refractivity contribution < 1.29 is 19.1 Å². The minimum Gasteiger partial charge on any atom is -0.483 e. The van der Waals surface area contributed by atoms with Gasteiger partial charge in [0.1, 0.15) is 5.75 Å². The average Bonchev–Trinajstić information content (AvgIpc) is 2.90. The molecule has 0 spiro atoms. The minimum atomic E-state index is -0.451. The summed E-state index contributed by atoms with van der Waals surface area (Å²) in [5, 5.41) is 12.5. The molecule has 0 unspecified atom stereocenters. The number of ketones is 1. The Kier molecular flexibility index (Phi) is 10.6. The molecule has 0 saturated heterocycles. The van der Waals surface area contributed by atoms with Crippen LogP contribution in [0, 0.1) is 18.3 Å². The van der Waals surface area contributed by atoms with Crippen molar-refractivity contribution in [3.05, 3.63) is 86.9 Å². The molecular weight excluding hydrogens is 545 g/mol. The summed E-state index contributed by atoms with van der Waals surface area (Å²) in [6, 6.07) is 16.2. The van der Waals surface area contributed by atoms with E-state index < -0.39 is 11.7 Å². The molecule has 0 saturated carbocycles. The van der Waals surface area contributed by atoms with Gasteiger partial charge in [-0.15, -0.1) is 0 Å². The molecule has 2 N–H and O–H groups in total. The molecule has 0 heterocycles. The average molecular weight is 570 g/mol. The summed E-state index contributed by atoms with van der Waals surface area (Å²) in [5.41, 5.74) is 1.97. The number of hydrogen-bond donors (Lipinski definition) is 2. The van der Waals surface area contributed by atoms with Gasteiger partial charge in [0.15, 0.2) is 12.4 Å². The van der Waals surface area contributed by atoms with E-state index in [-0.39, 0.29) is 40.0 Å². The third-order valence-electron chi connectivity index (χ3n) is 5.35. The van der Waals surface area contributed by atoms with Crippen molar-refractivity contribution in [3.8, 4) is 11.8 Å². The van der Waals surface area contributed by atoms with Crippen LogP contribution in [0.4, 0.5) is 5.69 Å². The van der Waals surface area contributed by atoms with Gasteiger partial charge in [0.2, 0.25) is 5.91 Å². The monoisotopic (exact) mass is 569 g/mol. The Hall–Kier alpha value is -3.51. The summed E-state index contributed by atoms with van der Waals surface area (Å²) in [6.45, 7) is 3.52. The number of carbonyl (C=O) groups is 3. The van der Waals surface area contributed by atoms with E-state index in [2.05, 4.69) is 10.0 Å². The largest absolute Gasteiger partial charge is 0.483 e. The molecule has 0 aliphatic heterocycles. The van der Waals surface area contributed by atoms with Crippen LogP contribution in [0.25, 0.3) is 0 Å². The number of carbonyl (C=O) groups excluding carboxylic acids is 3. The van der Waals surface area contributed by atoms with Crippen molar-refractivity contribution >= 4 is 58.4 Å². The SMILES string of the molecule is CCCCC(=O)NSc1ccc(NC(=O)COc2ccc(Cl)cc2C(=O)c2cc(Cl)cc(C#N)c2)c(C)c1. The fourth-order valence-corrected chi connectivity index (χ4v) is 4.53. The van der Waals surface area contributed by atoms with Gasteiger partial charge in [0.25, 0.3) is 5.91 Å². The number of unbranched alkanes of at least 4 members (excludes halogenated alkanes) is 1. The third kappa shape index (κ3) is 8.25. The first kappa shape index (κ1) is 29.1. The molecule has 196 valence electrons. The second-order valence-corrected chi connectivity index (χ2v) is 10.1. The molecule has 38 heavy (non-hydrogen) atoms. The number of benzene rings is 3. The predicted molar refractivity (Wildman–Crippen MR) is 150 cm³/mol. The molecule has 3 aromatic rings. The minimum absolute atomic E-state index is 0.0232. The highest BCUT2D eigenvalue weighted by molar-refractivity contribution is 7.98. The van der Waals surface area contributed by atoms with Crippen molar-refractivity contribution in [3.63, 3.8) is 0 Å². The smallest absolute Gasteiger partial charge is 0.262 e.